The molecule has 7 heteroatoms. The maximum atomic E-state index is 13.6. The normalized spacial score (nSPS) is 19.3. The van der Waals surface area contributed by atoms with Gasteiger partial charge in [0.05, 0.1) is 19.3 Å². The number of nitrogens with zero attached hydrogens (tertiary/aromatic N) is 3. The number of rotatable bonds is 10. The number of hydrogen-bond donors (Lipinski definition) is 2. The monoisotopic (exact) mass is 529 g/mol. The van der Waals surface area contributed by atoms with E-state index in [0.717, 1.165) is 76.5 Å². The summed E-state index contributed by atoms with van der Waals surface area (Å²) in [5.74, 6) is 0. The third-order valence-corrected chi connectivity index (χ3v) is 8.03. The minimum Gasteiger partial charge on any atom is -0.379 e. The number of ether oxygens (including phenoxy) is 1. The lowest BCUT2D eigenvalue weighted by Crippen LogP contribution is -2.43. The molecule has 2 amide bonds. The van der Waals surface area contributed by atoms with Crippen molar-refractivity contribution in [1.29, 1.82) is 0 Å². The zero-order valence-corrected chi connectivity index (χ0v) is 23.2. The first-order chi connectivity index (χ1) is 19.0. The molecule has 2 fully saturated rings. The number of carbonyl (C=O) groups is 1. The standard InChI is InChI=1S/C32H43N5O2/c1-25(30-9-4-7-28-6-2-3-8-31(28)30)34-32(38)37(16-5-15-35-18-20-39-21-19-35)23-27-12-10-26(11-13-27)22-36-17-14-29(33)24-36/h2-4,6-13,25,29H,5,14-24,33H2,1H3,(H,34,38)/t25-,29-/m0/s1. The van der Waals surface area contributed by atoms with Gasteiger partial charge in [0, 0.05) is 58.4 Å². The van der Waals surface area contributed by atoms with Crippen molar-refractivity contribution in [2.75, 3.05) is 52.5 Å². The molecule has 39 heavy (non-hydrogen) atoms. The van der Waals surface area contributed by atoms with Crippen LogP contribution in [0, 0.1) is 0 Å². The summed E-state index contributed by atoms with van der Waals surface area (Å²) < 4.78 is 5.49. The molecule has 7 nitrogen and oxygen atoms in total. The van der Waals surface area contributed by atoms with Crippen molar-refractivity contribution in [3.8, 4) is 0 Å². The number of likely N-dealkylation sites (tertiary alicyclic amines) is 1. The fourth-order valence-electron chi connectivity index (χ4n) is 5.78. The average Bonchev–Trinajstić information content (AvgIpc) is 3.37. The summed E-state index contributed by atoms with van der Waals surface area (Å²) in [5, 5.41) is 5.67. The Hall–Kier alpha value is -2.97. The molecule has 2 atom stereocenters. The number of morpholine rings is 1. The molecule has 0 aromatic heterocycles. The van der Waals surface area contributed by atoms with Gasteiger partial charge in [-0.25, -0.2) is 4.79 Å². The molecule has 2 aliphatic heterocycles. The van der Waals surface area contributed by atoms with E-state index >= 15 is 0 Å². The SMILES string of the molecule is C[C@H](NC(=O)N(CCCN1CCOCC1)Cc1ccc(CN2CC[C@H](N)C2)cc1)c1cccc2ccccc12. The van der Waals surface area contributed by atoms with Crippen LogP contribution >= 0.6 is 0 Å². The second-order valence-electron chi connectivity index (χ2n) is 11.1. The van der Waals surface area contributed by atoms with Gasteiger partial charge >= 0.3 is 6.03 Å². The summed E-state index contributed by atoms with van der Waals surface area (Å²) in [7, 11) is 0. The van der Waals surface area contributed by atoms with Crippen LogP contribution in [0.25, 0.3) is 10.8 Å². The molecule has 3 aromatic rings. The minimum atomic E-state index is -0.0976. The Morgan fingerprint density at radius 1 is 1.00 bits per heavy atom. The molecule has 0 saturated carbocycles. The first-order valence-corrected chi connectivity index (χ1v) is 14.4. The number of amides is 2. The zero-order chi connectivity index (χ0) is 27.0. The Morgan fingerprint density at radius 2 is 1.74 bits per heavy atom. The van der Waals surface area contributed by atoms with Crippen molar-refractivity contribution in [3.63, 3.8) is 0 Å². The summed E-state index contributed by atoms with van der Waals surface area (Å²) in [5.41, 5.74) is 9.66. The quantitative estimate of drug-likeness (QED) is 0.408. The number of fused-ring (bicyclic) bond motifs is 1. The maximum absolute atomic E-state index is 13.6. The van der Waals surface area contributed by atoms with Crippen LogP contribution in [0.4, 0.5) is 4.79 Å². The largest absolute Gasteiger partial charge is 0.379 e. The molecular formula is C32H43N5O2. The summed E-state index contributed by atoms with van der Waals surface area (Å²) >= 11 is 0. The number of benzene rings is 3. The highest BCUT2D eigenvalue weighted by Gasteiger charge is 2.21. The Balaban J connectivity index is 1.24. The van der Waals surface area contributed by atoms with Crippen molar-refractivity contribution in [1.82, 2.24) is 20.0 Å². The Bertz CT molecular complexity index is 1210. The molecule has 0 aliphatic carbocycles. The lowest BCUT2D eigenvalue weighted by atomic mass is 10.00. The summed E-state index contributed by atoms with van der Waals surface area (Å²) in [6.45, 7) is 10.8. The van der Waals surface area contributed by atoms with Gasteiger partial charge < -0.3 is 20.7 Å². The zero-order valence-electron chi connectivity index (χ0n) is 23.2. The second kappa shape index (κ2) is 13.4. The number of carbonyl (C=O) groups excluding carboxylic acids is 1. The van der Waals surface area contributed by atoms with Crippen molar-refractivity contribution in [2.45, 2.75) is 44.9 Å². The molecule has 208 valence electrons. The maximum Gasteiger partial charge on any atom is 0.318 e. The van der Waals surface area contributed by atoms with E-state index in [0.29, 0.717) is 19.1 Å². The first-order valence-electron chi connectivity index (χ1n) is 14.4. The number of nitrogens with one attached hydrogen (secondary N) is 1. The van der Waals surface area contributed by atoms with E-state index in [4.69, 9.17) is 10.5 Å². The molecule has 0 spiro atoms. The van der Waals surface area contributed by atoms with Crippen molar-refractivity contribution in [2.24, 2.45) is 5.73 Å². The van der Waals surface area contributed by atoms with Gasteiger partial charge in [0.15, 0.2) is 0 Å². The Morgan fingerprint density at radius 3 is 2.51 bits per heavy atom. The highest BCUT2D eigenvalue weighted by molar-refractivity contribution is 5.86. The molecule has 2 aliphatic rings. The fourth-order valence-corrected chi connectivity index (χ4v) is 5.78. The third-order valence-electron chi connectivity index (χ3n) is 8.03. The Labute approximate surface area is 232 Å². The van der Waals surface area contributed by atoms with Crippen LogP contribution in [0.5, 0.6) is 0 Å². The summed E-state index contributed by atoms with van der Waals surface area (Å²) in [4.78, 5) is 20.5. The van der Waals surface area contributed by atoms with Crippen LogP contribution in [0.15, 0.2) is 66.7 Å². The number of urea groups is 1. The van der Waals surface area contributed by atoms with E-state index in [1.807, 2.05) is 4.90 Å². The van der Waals surface area contributed by atoms with Crippen molar-refractivity contribution < 1.29 is 9.53 Å². The van der Waals surface area contributed by atoms with E-state index in [2.05, 4.69) is 88.8 Å². The van der Waals surface area contributed by atoms with Gasteiger partial charge in [0.1, 0.15) is 0 Å². The smallest absolute Gasteiger partial charge is 0.318 e. The third kappa shape index (κ3) is 7.57. The van der Waals surface area contributed by atoms with Crippen LogP contribution < -0.4 is 11.1 Å². The van der Waals surface area contributed by atoms with E-state index in [1.54, 1.807) is 0 Å². The van der Waals surface area contributed by atoms with Crippen LogP contribution in [0.1, 0.15) is 42.5 Å². The molecule has 0 unspecified atom stereocenters. The molecule has 0 radical (unpaired) electrons. The summed E-state index contributed by atoms with van der Waals surface area (Å²) in [6.07, 6.45) is 2.01. The van der Waals surface area contributed by atoms with Crippen LogP contribution in [-0.2, 0) is 17.8 Å². The van der Waals surface area contributed by atoms with Gasteiger partial charge in [-0.15, -0.1) is 0 Å². The lowest BCUT2D eigenvalue weighted by molar-refractivity contribution is 0.0364. The van der Waals surface area contributed by atoms with Crippen molar-refractivity contribution >= 4 is 16.8 Å². The molecule has 3 N–H and O–H groups in total. The molecule has 3 aromatic carbocycles. The molecule has 5 rings (SSSR count). The van der Waals surface area contributed by atoms with E-state index in [9.17, 15) is 4.79 Å². The number of nitrogens with two attached hydrogens (primary N) is 1. The van der Waals surface area contributed by atoms with E-state index < -0.39 is 0 Å². The van der Waals surface area contributed by atoms with Crippen LogP contribution in [-0.4, -0.2) is 79.3 Å². The minimum absolute atomic E-state index is 0.0208. The number of hydrogen-bond acceptors (Lipinski definition) is 5. The fraction of sp³-hybridized carbons (Fsp3) is 0.469. The van der Waals surface area contributed by atoms with Gasteiger partial charge in [0.2, 0.25) is 0 Å². The van der Waals surface area contributed by atoms with Crippen molar-refractivity contribution in [3.05, 3.63) is 83.4 Å². The summed E-state index contributed by atoms with van der Waals surface area (Å²) in [6, 6.07) is 23.6. The van der Waals surface area contributed by atoms with Gasteiger partial charge in [0.25, 0.3) is 0 Å². The average molecular weight is 530 g/mol. The van der Waals surface area contributed by atoms with Gasteiger partial charge in [-0.2, -0.15) is 0 Å². The first kappa shape index (κ1) is 27.6. The highest BCUT2D eigenvalue weighted by Crippen LogP contribution is 2.24. The molecule has 0 bridgehead atoms. The van der Waals surface area contributed by atoms with E-state index in [-0.39, 0.29) is 12.1 Å². The highest BCUT2D eigenvalue weighted by atomic mass is 16.5. The molecule has 2 saturated heterocycles. The predicted octanol–water partition coefficient (Wildman–Crippen LogP) is 4.37. The lowest BCUT2D eigenvalue weighted by Gasteiger charge is -2.29. The second-order valence-corrected chi connectivity index (χ2v) is 11.1. The van der Waals surface area contributed by atoms with E-state index in [1.165, 1.54) is 16.3 Å². The molecular weight excluding hydrogens is 486 g/mol. The molecule has 2 heterocycles. The van der Waals surface area contributed by atoms with Crippen LogP contribution in [0.3, 0.4) is 0 Å². The topological polar surface area (TPSA) is 74.1 Å². The Kier molecular flexibility index (Phi) is 9.48. The van der Waals surface area contributed by atoms with Gasteiger partial charge in [-0.3, -0.25) is 9.80 Å². The predicted molar refractivity (Wildman–Crippen MR) is 157 cm³/mol. The van der Waals surface area contributed by atoms with Crippen LogP contribution in [0.2, 0.25) is 0 Å². The van der Waals surface area contributed by atoms with Gasteiger partial charge in [-0.1, -0.05) is 66.7 Å². The van der Waals surface area contributed by atoms with Gasteiger partial charge in [-0.05, 0) is 47.2 Å².